The van der Waals surface area contributed by atoms with Crippen LogP contribution in [0.2, 0.25) is 0 Å². The third-order valence-corrected chi connectivity index (χ3v) is 6.63. The van der Waals surface area contributed by atoms with E-state index in [0.717, 1.165) is 16.9 Å². The van der Waals surface area contributed by atoms with E-state index in [4.69, 9.17) is 13.9 Å². The Morgan fingerprint density at radius 1 is 1.21 bits per heavy atom. The molecule has 13 nitrogen and oxygen atoms in total. The van der Waals surface area contributed by atoms with Crippen LogP contribution in [0.4, 0.5) is 28.2 Å². The van der Waals surface area contributed by atoms with Gasteiger partial charge in [0.05, 0.1) is 25.6 Å². The summed E-state index contributed by atoms with van der Waals surface area (Å²) in [5.74, 6) is -5.79. The number of hydrogen-bond acceptors (Lipinski definition) is 10. The van der Waals surface area contributed by atoms with Gasteiger partial charge in [0, 0.05) is 12.8 Å². The summed E-state index contributed by atoms with van der Waals surface area (Å²) in [6.45, 7) is 3.91. The molecule has 2 heterocycles. The minimum atomic E-state index is -5.35. The zero-order valence-electron chi connectivity index (χ0n) is 20.5. The second-order valence-electron chi connectivity index (χ2n) is 8.83. The Balaban J connectivity index is 2.08. The van der Waals surface area contributed by atoms with Gasteiger partial charge in [-0.2, -0.15) is 17.5 Å². The number of hydrogen-bond donors (Lipinski definition) is 0. The van der Waals surface area contributed by atoms with Crippen molar-refractivity contribution in [3.8, 4) is 17.2 Å². The summed E-state index contributed by atoms with van der Waals surface area (Å²) in [6, 6.07) is 3.48. The highest BCUT2D eigenvalue weighted by molar-refractivity contribution is 9.10. The van der Waals surface area contributed by atoms with Crippen molar-refractivity contribution in [1.29, 1.82) is 0 Å². The Hall–Kier alpha value is -3.61. The Morgan fingerprint density at radius 3 is 2.46 bits per heavy atom. The maximum absolute atomic E-state index is 13.8. The van der Waals surface area contributed by atoms with Crippen LogP contribution in [0.3, 0.4) is 0 Å². The molecule has 19 heteroatoms. The van der Waals surface area contributed by atoms with Crippen LogP contribution < -0.4 is 10.7 Å². The van der Waals surface area contributed by atoms with Gasteiger partial charge < -0.3 is 4.74 Å². The first-order valence-corrected chi connectivity index (χ1v) is 13.5. The van der Waals surface area contributed by atoms with E-state index in [1.807, 2.05) is 0 Å². The van der Waals surface area contributed by atoms with Gasteiger partial charge in [-0.1, -0.05) is 5.16 Å². The van der Waals surface area contributed by atoms with Crippen molar-refractivity contribution < 1.29 is 45.2 Å². The molecule has 2 amide bonds. The average molecular weight is 643 g/mol. The molecule has 0 fully saturated rings. The van der Waals surface area contributed by atoms with Gasteiger partial charge in [-0.3, -0.25) is 14.2 Å². The average Bonchev–Trinajstić information content (AvgIpc) is 3.40. The molecule has 3 aromatic rings. The zero-order chi connectivity index (χ0) is 29.3. The quantitative estimate of drug-likeness (QED) is 0.362. The lowest BCUT2D eigenvalue weighted by Gasteiger charge is -2.26. The topological polar surface area (TPSA) is 163 Å². The lowest BCUT2D eigenvalue weighted by atomic mass is 10.2. The minimum Gasteiger partial charge on any atom is -0.443 e. The second kappa shape index (κ2) is 10.9. The molecule has 3 rings (SSSR count). The summed E-state index contributed by atoms with van der Waals surface area (Å²) < 4.78 is 82.6. The molecule has 212 valence electrons. The molecule has 0 saturated heterocycles. The van der Waals surface area contributed by atoms with Gasteiger partial charge in [0.15, 0.2) is 5.69 Å². The summed E-state index contributed by atoms with van der Waals surface area (Å²) in [6.07, 6.45) is -5.68. The van der Waals surface area contributed by atoms with E-state index in [1.54, 1.807) is 0 Å². The van der Waals surface area contributed by atoms with Crippen LogP contribution in [0.1, 0.15) is 20.8 Å². The molecular formula is C20H19BrF4N6O7S. The van der Waals surface area contributed by atoms with Crippen LogP contribution >= 0.6 is 15.9 Å². The molecule has 2 aromatic heterocycles. The van der Waals surface area contributed by atoms with Gasteiger partial charge in [0.1, 0.15) is 11.4 Å². The zero-order valence-corrected chi connectivity index (χ0v) is 22.9. The molecular weight excluding hydrogens is 624 g/mol. The highest BCUT2D eigenvalue weighted by atomic mass is 79.9. The number of rotatable bonds is 6. The molecule has 1 unspecified atom stereocenters. The molecule has 39 heavy (non-hydrogen) atoms. The Morgan fingerprint density at radius 2 is 1.87 bits per heavy atom. The highest BCUT2D eigenvalue weighted by Crippen LogP contribution is 2.29. The molecule has 1 atom stereocenters. The third kappa shape index (κ3) is 7.28. The smallest absolute Gasteiger partial charge is 0.443 e. The normalized spacial score (nSPS) is 13.6. The lowest BCUT2D eigenvalue weighted by Crippen LogP contribution is -2.40. The summed E-state index contributed by atoms with van der Waals surface area (Å²) >= 11 is 2.99. The maximum atomic E-state index is 13.8. The van der Waals surface area contributed by atoms with E-state index in [2.05, 4.69) is 35.8 Å². The fourth-order valence-electron chi connectivity index (χ4n) is 2.89. The van der Waals surface area contributed by atoms with E-state index < -0.39 is 63.2 Å². The molecule has 0 saturated carbocycles. The largest absolute Gasteiger partial charge is 0.474 e. The van der Waals surface area contributed by atoms with Crippen LogP contribution in [-0.4, -0.2) is 66.6 Å². The van der Waals surface area contributed by atoms with Crippen LogP contribution in [-0.2, 0) is 19.3 Å². The molecule has 0 N–H and O–H groups in total. The molecule has 0 radical (unpaired) electrons. The van der Waals surface area contributed by atoms with E-state index in [9.17, 15) is 36.2 Å². The number of aromatic nitrogens is 4. The van der Waals surface area contributed by atoms with Crippen molar-refractivity contribution in [3.63, 3.8) is 0 Å². The first kappa shape index (κ1) is 29.9. The fraction of sp³-hybridized carbons (Fsp3) is 0.400. The van der Waals surface area contributed by atoms with Crippen molar-refractivity contribution in [1.82, 2.24) is 20.0 Å². The molecule has 0 bridgehead atoms. The molecule has 0 aliphatic heterocycles. The van der Waals surface area contributed by atoms with Gasteiger partial charge >= 0.3 is 23.9 Å². The summed E-state index contributed by atoms with van der Waals surface area (Å²) in [4.78, 5) is 37.4. The Labute approximate surface area is 225 Å². The van der Waals surface area contributed by atoms with E-state index in [-0.39, 0.29) is 21.7 Å². The lowest BCUT2D eigenvalue weighted by molar-refractivity contribution is -0.169. The van der Waals surface area contributed by atoms with Crippen molar-refractivity contribution in [2.45, 2.75) is 32.5 Å². The van der Waals surface area contributed by atoms with E-state index >= 15 is 0 Å². The monoisotopic (exact) mass is 642 g/mol. The predicted molar refractivity (Wildman–Crippen MR) is 129 cm³/mol. The SMILES string of the molecule is CC(C)(C)OC(=O)N(CCS(C)(=O)=NC(=O)C(F)(F)F)c1nonc1-c1noc(=O)n1-c1ccc(F)c(Br)c1. The van der Waals surface area contributed by atoms with Gasteiger partial charge in [-0.05, 0) is 65.2 Å². The van der Waals surface area contributed by atoms with Gasteiger partial charge in [0.2, 0.25) is 11.6 Å². The number of carbonyl (C=O) groups excluding carboxylic acids is 2. The number of amides is 2. The third-order valence-electron chi connectivity index (χ3n) is 4.53. The van der Waals surface area contributed by atoms with Gasteiger partial charge in [0.25, 0.3) is 0 Å². The Kier molecular flexibility index (Phi) is 8.34. The molecule has 1 aromatic carbocycles. The molecule has 0 aliphatic rings. The number of halogens is 5. The summed E-state index contributed by atoms with van der Waals surface area (Å²) in [5, 5.41) is 10.9. The van der Waals surface area contributed by atoms with Crippen LogP contribution in [0, 0.1) is 5.82 Å². The van der Waals surface area contributed by atoms with Crippen molar-refractivity contribution in [3.05, 3.63) is 39.0 Å². The second-order valence-corrected chi connectivity index (χ2v) is 12.2. The first-order chi connectivity index (χ1) is 17.9. The number of carbonyl (C=O) groups is 2. The summed E-state index contributed by atoms with van der Waals surface area (Å²) in [7, 11) is -3.81. The van der Waals surface area contributed by atoms with Crippen LogP contribution in [0.25, 0.3) is 17.2 Å². The Bertz CT molecular complexity index is 1580. The predicted octanol–water partition coefficient (Wildman–Crippen LogP) is 3.71. The number of benzene rings is 1. The van der Waals surface area contributed by atoms with E-state index in [1.165, 1.54) is 32.9 Å². The first-order valence-electron chi connectivity index (χ1n) is 10.6. The molecule has 0 spiro atoms. The minimum absolute atomic E-state index is 0.0113. The highest BCUT2D eigenvalue weighted by Gasteiger charge is 2.40. The van der Waals surface area contributed by atoms with Gasteiger partial charge in [-0.15, -0.1) is 0 Å². The van der Waals surface area contributed by atoms with Crippen molar-refractivity contribution in [2.24, 2.45) is 4.36 Å². The molecule has 0 aliphatic carbocycles. The number of nitrogens with zero attached hydrogens (tertiary/aromatic N) is 6. The number of ether oxygens (including phenoxy) is 1. The van der Waals surface area contributed by atoms with Crippen molar-refractivity contribution >= 4 is 43.5 Å². The van der Waals surface area contributed by atoms with Crippen molar-refractivity contribution in [2.75, 3.05) is 23.5 Å². The number of anilines is 1. The number of alkyl halides is 3. The van der Waals surface area contributed by atoms with Crippen LogP contribution in [0.15, 0.2) is 41.0 Å². The maximum Gasteiger partial charge on any atom is 0.474 e. The van der Waals surface area contributed by atoms with Crippen LogP contribution in [0.5, 0.6) is 0 Å². The standard InChI is InChI=1S/C20H19BrF4N6O7S/c1-19(2,3)36-17(33)30(7-8-39(4,35)29-16(32)20(23,24)25)14-13(26-38-28-14)15-27-37-18(34)31(15)10-5-6-12(22)11(21)9-10/h5-6,9H,7-8H2,1-4H3. The fourth-order valence-corrected chi connectivity index (χ4v) is 4.32. The van der Waals surface area contributed by atoms with Gasteiger partial charge in [-0.25, -0.2) is 27.4 Å². The van der Waals surface area contributed by atoms with E-state index in [0.29, 0.717) is 4.90 Å². The summed E-state index contributed by atoms with van der Waals surface area (Å²) in [5.41, 5.74) is -1.39.